The summed E-state index contributed by atoms with van der Waals surface area (Å²) in [6, 6.07) is 4.92. The van der Waals surface area contributed by atoms with E-state index in [4.69, 9.17) is 9.47 Å². The topological polar surface area (TPSA) is 73.6 Å². The zero-order valence-electron chi connectivity index (χ0n) is 9.97. The lowest BCUT2D eigenvalue weighted by Crippen LogP contribution is -2.11. The maximum absolute atomic E-state index is 12.0. The quantitative estimate of drug-likeness (QED) is 0.895. The molecule has 2 rings (SSSR count). The Hall–Kier alpha value is -2.50. The molecule has 1 amide bonds. The van der Waals surface area contributed by atoms with Gasteiger partial charge in [-0.2, -0.15) is 0 Å². The van der Waals surface area contributed by atoms with Crippen molar-refractivity contribution < 1.29 is 18.8 Å². The Morgan fingerprint density at radius 1 is 1.22 bits per heavy atom. The molecular formula is C12H12N2O4. The van der Waals surface area contributed by atoms with Crippen LogP contribution in [0.3, 0.4) is 0 Å². The highest BCUT2D eigenvalue weighted by Crippen LogP contribution is 2.23. The average Bonchev–Trinajstić information content (AvgIpc) is 2.90. The molecule has 0 unspecified atom stereocenters. The molecule has 1 heterocycles. The van der Waals surface area contributed by atoms with Crippen molar-refractivity contribution in [3.63, 3.8) is 0 Å². The van der Waals surface area contributed by atoms with E-state index in [0.717, 1.165) is 0 Å². The predicted octanol–water partition coefficient (Wildman–Crippen LogP) is 1.94. The number of methoxy groups -OCH3 is 2. The van der Waals surface area contributed by atoms with Crippen LogP contribution in [0.25, 0.3) is 0 Å². The predicted molar refractivity (Wildman–Crippen MR) is 64.0 cm³/mol. The molecule has 0 saturated heterocycles. The van der Waals surface area contributed by atoms with Gasteiger partial charge in [0, 0.05) is 11.6 Å². The van der Waals surface area contributed by atoms with Gasteiger partial charge in [0.1, 0.15) is 23.4 Å². The van der Waals surface area contributed by atoms with Gasteiger partial charge in [-0.25, -0.2) is 0 Å². The molecule has 6 nitrogen and oxygen atoms in total. The molecule has 0 atom stereocenters. The van der Waals surface area contributed by atoms with Crippen molar-refractivity contribution in [2.45, 2.75) is 0 Å². The van der Waals surface area contributed by atoms with Crippen molar-refractivity contribution >= 4 is 11.6 Å². The van der Waals surface area contributed by atoms with Crippen LogP contribution in [0, 0.1) is 0 Å². The van der Waals surface area contributed by atoms with E-state index in [1.54, 1.807) is 18.2 Å². The molecule has 18 heavy (non-hydrogen) atoms. The fraction of sp³-hybridized carbons (Fsp3) is 0.167. The van der Waals surface area contributed by atoms with Crippen LogP contribution in [0.1, 0.15) is 10.4 Å². The third kappa shape index (κ3) is 2.60. The van der Waals surface area contributed by atoms with Crippen LogP contribution in [0.15, 0.2) is 35.2 Å². The highest BCUT2D eigenvalue weighted by atomic mass is 16.5. The number of rotatable bonds is 4. The maximum atomic E-state index is 12.0. The van der Waals surface area contributed by atoms with Gasteiger partial charge in [-0.05, 0) is 12.1 Å². The maximum Gasteiger partial charge on any atom is 0.256 e. The Kier molecular flexibility index (Phi) is 3.47. The largest absolute Gasteiger partial charge is 0.497 e. The Morgan fingerprint density at radius 2 is 1.89 bits per heavy atom. The third-order valence-electron chi connectivity index (χ3n) is 2.30. The molecule has 1 aromatic heterocycles. The number of benzene rings is 1. The van der Waals surface area contributed by atoms with Crippen molar-refractivity contribution in [1.82, 2.24) is 5.16 Å². The van der Waals surface area contributed by atoms with Gasteiger partial charge < -0.3 is 19.3 Å². The van der Waals surface area contributed by atoms with Crippen molar-refractivity contribution in [2.24, 2.45) is 0 Å². The van der Waals surface area contributed by atoms with Gasteiger partial charge in [0.05, 0.1) is 20.4 Å². The van der Waals surface area contributed by atoms with Gasteiger partial charge >= 0.3 is 0 Å². The SMILES string of the molecule is COc1cc(OC)cc(C(=O)Nc2cnoc2)c1. The van der Waals surface area contributed by atoms with Crippen LogP contribution in [0.5, 0.6) is 11.5 Å². The van der Waals surface area contributed by atoms with E-state index in [1.807, 2.05) is 0 Å². The molecule has 0 aliphatic rings. The number of anilines is 1. The lowest BCUT2D eigenvalue weighted by Gasteiger charge is -2.08. The summed E-state index contributed by atoms with van der Waals surface area (Å²) in [7, 11) is 3.05. The summed E-state index contributed by atoms with van der Waals surface area (Å²) < 4.78 is 14.8. The number of nitrogens with zero attached hydrogens (tertiary/aromatic N) is 1. The van der Waals surface area contributed by atoms with Crippen molar-refractivity contribution in [3.05, 3.63) is 36.2 Å². The van der Waals surface area contributed by atoms with E-state index in [1.165, 1.54) is 26.7 Å². The highest BCUT2D eigenvalue weighted by molar-refractivity contribution is 6.04. The fourth-order valence-corrected chi connectivity index (χ4v) is 1.41. The zero-order valence-corrected chi connectivity index (χ0v) is 9.97. The minimum atomic E-state index is -0.296. The minimum absolute atomic E-state index is 0.296. The molecule has 1 aromatic carbocycles. The first-order chi connectivity index (χ1) is 8.72. The normalized spacial score (nSPS) is 9.89. The smallest absolute Gasteiger partial charge is 0.256 e. The second-order valence-corrected chi connectivity index (χ2v) is 3.47. The Morgan fingerprint density at radius 3 is 2.39 bits per heavy atom. The number of aromatic nitrogens is 1. The van der Waals surface area contributed by atoms with Crippen molar-refractivity contribution in [2.75, 3.05) is 19.5 Å². The number of hydrogen-bond acceptors (Lipinski definition) is 5. The van der Waals surface area contributed by atoms with Gasteiger partial charge in [-0.1, -0.05) is 5.16 Å². The van der Waals surface area contributed by atoms with Crippen LogP contribution in [0.2, 0.25) is 0 Å². The average molecular weight is 248 g/mol. The van der Waals surface area contributed by atoms with E-state index >= 15 is 0 Å². The number of carbonyl (C=O) groups is 1. The third-order valence-corrected chi connectivity index (χ3v) is 2.30. The first kappa shape index (κ1) is 12.0. The lowest BCUT2D eigenvalue weighted by molar-refractivity contribution is 0.102. The monoisotopic (exact) mass is 248 g/mol. The second-order valence-electron chi connectivity index (χ2n) is 3.47. The van der Waals surface area contributed by atoms with Crippen LogP contribution in [0.4, 0.5) is 5.69 Å². The molecule has 0 saturated carbocycles. The molecule has 0 fully saturated rings. The molecule has 6 heteroatoms. The standard InChI is InChI=1S/C12H12N2O4/c1-16-10-3-8(4-11(5-10)17-2)12(15)14-9-6-13-18-7-9/h3-7H,1-2H3,(H,14,15). The van der Waals surface area contributed by atoms with Gasteiger partial charge in [-0.15, -0.1) is 0 Å². The van der Waals surface area contributed by atoms with Crippen LogP contribution in [-0.4, -0.2) is 25.3 Å². The van der Waals surface area contributed by atoms with E-state index in [2.05, 4.69) is 15.0 Å². The van der Waals surface area contributed by atoms with Crippen molar-refractivity contribution in [1.29, 1.82) is 0 Å². The van der Waals surface area contributed by atoms with Crippen molar-refractivity contribution in [3.8, 4) is 11.5 Å². The molecule has 0 aliphatic heterocycles. The first-order valence-corrected chi connectivity index (χ1v) is 5.16. The zero-order chi connectivity index (χ0) is 13.0. The molecule has 0 bridgehead atoms. The summed E-state index contributed by atoms with van der Waals surface area (Å²) in [6.45, 7) is 0. The molecule has 94 valence electrons. The van der Waals surface area contributed by atoms with Gasteiger partial charge in [0.15, 0.2) is 0 Å². The van der Waals surface area contributed by atoms with Crippen LogP contribution < -0.4 is 14.8 Å². The Bertz CT molecular complexity index is 515. The van der Waals surface area contributed by atoms with E-state index in [-0.39, 0.29) is 5.91 Å². The minimum Gasteiger partial charge on any atom is -0.497 e. The number of nitrogens with one attached hydrogen (secondary N) is 1. The van der Waals surface area contributed by atoms with E-state index < -0.39 is 0 Å². The van der Waals surface area contributed by atoms with Crippen LogP contribution in [-0.2, 0) is 0 Å². The Labute approximate surface area is 103 Å². The van der Waals surface area contributed by atoms with E-state index in [9.17, 15) is 4.79 Å². The number of hydrogen-bond donors (Lipinski definition) is 1. The number of carbonyl (C=O) groups excluding carboxylic acids is 1. The lowest BCUT2D eigenvalue weighted by atomic mass is 10.2. The summed E-state index contributed by atoms with van der Waals surface area (Å²) in [5.41, 5.74) is 0.911. The molecule has 2 aromatic rings. The summed E-state index contributed by atoms with van der Waals surface area (Å²) in [5.74, 6) is 0.796. The molecule has 0 radical (unpaired) electrons. The first-order valence-electron chi connectivity index (χ1n) is 5.16. The van der Waals surface area contributed by atoms with Crippen LogP contribution >= 0.6 is 0 Å². The summed E-state index contributed by atoms with van der Waals surface area (Å²) in [6.07, 6.45) is 2.75. The van der Waals surface area contributed by atoms with Gasteiger partial charge in [0.25, 0.3) is 5.91 Å². The van der Waals surface area contributed by atoms with E-state index in [0.29, 0.717) is 22.7 Å². The number of ether oxygens (including phenoxy) is 2. The Balaban J connectivity index is 2.23. The van der Waals surface area contributed by atoms with Gasteiger partial charge in [-0.3, -0.25) is 4.79 Å². The van der Waals surface area contributed by atoms with Gasteiger partial charge in [0.2, 0.25) is 0 Å². The molecule has 0 spiro atoms. The number of amides is 1. The molecule has 0 aliphatic carbocycles. The molecular weight excluding hydrogens is 236 g/mol. The highest BCUT2D eigenvalue weighted by Gasteiger charge is 2.10. The molecule has 1 N–H and O–H groups in total. The summed E-state index contributed by atoms with van der Waals surface area (Å²) >= 11 is 0. The summed E-state index contributed by atoms with van der Waals surface area (Å²) in [4.78, 5) is 12.0. The summed E-state index contributed by atoms with van der Waals surface area (Å²) in [5, 5.41) is 6.13. The fourth-order valence-electron chi connectivity index (χ4n) is 1.41. The second kappa shape index (κ2) is 5.22.